The lowest BCUT2D eigenvalue weighted by Gasteiger charge is -2.24. The van der Waals surface area contributed by atoms with Gasteiger partial charge in [0.25, 0.3) is 5.22 Å². The Morgan fingerprint density at radius 1 is 1.32 bits per heavy atom. The number of rotatable bonds is 6. The molecule has 1 heterocycles. The molecule has 1 aromatic rings. The first-order chi connectivity index (χ1) is 10.1. The fourth-order valence-electron chi connectivity index (χ4n) is 1.71. The van der Waals surface area contributed by atoms with Gasteiger partial charge in [0.1, 0.15) is 11.6 Å². The monoisotopic (exact) mass is 329 g/mol. The summed E-state index contributed by atoms with van der Waals surface area (Å²) in [5, 5.41) is 11.8. The quantitative estimate of drug-likeness (QED) is 0.789. The van der Waals surface area contributed by atoms with E-state index in [4.69, 9.17) is 9.15 Å². The van der Waals surface area contributed by atoms with Crippen LogP contribution >= 0.6 is 11.8 Å². The minimum atomic E-state index is -0.544. The second-order valence-corrected chi connectivity index (χ2v) is 8.11. The third-order valence-corrected chi connectivity index (χ3v) is 3.75. The number of nitrogens with zero attached hydrogens (tertiary/aromatic N) is 2. The maximum atomic E-state index is 12.0. The van der Waals surface area contributed by atoms with Crippen LogP contribution in [0.4, 0.5) is 4.79 Å². The van der Waals surface area contributed by atoms with Crippen LogP contribution in [0.25, 0.3) is 0 Å². The van der Waals surface area contributed by atoms with Gasteiger partial charge in [-0.2, -0.15) is 0 Å². The zero-order chi connectivity index (χ0) is 16.9. The topological polar surface area (TPSA) is 77.2 Å². The van der Waals surface area contributed by atoms with E-state index in [0.29, 0.717) is 16.4 Å². The van der Waals surface area contributed by atoms with Crippen LogP contribution in [0, 0.1) is 5.92 Å². The summed E-state index contributed by atoms with van der Waals surface area (Å²) in [5.74, 6) is 0.577. The third kappa shape index (κ3) is 6.25. The number of ether oxygens (including phenoxy) is 1. The Labute approximate surface area is 136 Å². The number of aromatic nitrogens is 2. The second-order valence-electron chi connectivity index (χ2n) is 6.58. The van der Waals surface area contributed by atoms with E-state index in [1.54, 1.807) is 0 Å². The molecule has 0 aliphatic rings. The van der Waals surface area contributed by atoms with Crippen molar-refractivity contribution in [3.8, 4) is 0 Å². The number of thioether (sulfide) groups is 1. The average Bonchev–Trinajstić information content (AvgIpc) is 2.80. The first-order valence-corrected chi connectivity index (χ1v) is 8.50. The van der Waals surface area contributed by atoms with E-state index in [-0.39, 0.29) is 12.0 Å². The standard InChI is InChI=1S/C15H27N3O3S/c1-8-10(4)11(16-13(19)21-15(5,6)7)12-17-18-14(20-12)22-9(2)3/h9-11H,8H2,1-7H3,(H,16,19)/t10-,11-/m0/s1. The molecule has 0 fully saturated rings. The summed E-state index contributed by atoms with van der Waals surface area (Å²) in [6, 6.07) is -0.353. The van der Waals surface area contributed by atoms with Gasteiger partial charge in [-0.05, 0) is 26.7 Å². The molecule has 0 saturated carbocycles. The van der Waals surface area contributed by atoms with Crippen molar-refractivity contribution in [1.82, 2.24) is 15.5 Å². The number of carbonyl (C=O) groups excluding carboxylic acids is 1. The Kier molecular flexibility index (Phi) is 6.71. The molecule has 2 atom stereocenters. The maximum absolute atomic E-state index is 12.0. The average molecular weight is 329 g/mol. The Hall–Kier alpha value is -1.24. The van der Waals surface area contributed by atoms with Crippen molar-refractivity contribution in [2.24, 2.45) is 5.92 Å². The first-order valence-electron chi connectivity index (χ1n) is 7.62. The molecule has 0 unspecified atom stereocenters. The van der Waals surface area contributed by atoms with E-state index >= 15 is 0 Å². The molecule has 0 radical (unpaired) electrons. The lowest BCUT2D eigenvalue weighted by molar-refractivity contribution is 0.0473. The van der Waals surface area contributed by atoms with E-state index in [1.807, 2.05) is 27.7 Å². The van der Waals surface area contributed by atoms with Crippen LogP contribution in [0.5, 0.6) is 0 Å². The summed E-state index contributed by atoms with van der Waals surface area (Å²) in [4.78, 5) is 12.0. The molecule has 126 valence electrons. The Balaban J connectivity index is 2.84. The van der Waals surface area contributed by atoms with Crippen LogP contribution in [0.2, 0.25) is 0 Å². The first kappa shape index (κ1) is 18.8. The summed E-state index contributed by atoms with van der Waals surface area (Å²) >= 11 is 1.50. The van der Waals surface area contributed by atoms with Gasteiger partial charge in [-0.3, -0.25) is 0 Å². The van der Waals surface area contributed by atoms with Gasteiger partial charge in [0, 0.05) is 5.25 Å². The second kappa shape index (κ2) is 7.85. The number of alkyl carbamates (subject to hydrolysis) is 1. The zero-order valence-corrected chi connectivity index (χ0v) is 15.3. The van der Waals surface area contributed by atoms with Crippen molar-refractivity contribution in [3.63, 3.8) is 0 Å². The van der Waals surface area contributed by atoms with Crippen molar-refractivity contribution in [1.29, 1.82) is 0 Å². The van der Waals surface area contributed by atoms with Crippen LogP contribution in [-0.2, 0) is 4.74 Å². The van der Waals surface area contributed by atoms with Crippen LogP contribution in [0.1, 0.15) is 66.8 Å². The largest absolute Gasteiger partial charge is 0.444 e. The number of hydrogen-bond acceptors (Lipinski definition) is 6. The highest BCUT2D eigenvalue weighted by Gasteiger charge is 2.28. The molecule has 1 rings (SSSR count). The van der Waals surface area contributed by atoms with Gasteiger partial charge in [-0.25, -0.2) is 4.79 Å². The SMILES string of the molecule is CC[C@H](C)[C@H](NC(=O)OC(C)(C)C)c1nnc(SC(C)C)o1. The fourth-order valence-corrected chi connectivity index (χ4v) is 2.34. The van der Waals surface area contributed by atoms with Crippen molar-refractivity contribution in [2.75, 3.05) is 0 Å². The van der Waals surface area contributed by atoms with Gasteiger partial charge in [0.2, 0.25) is 5.89 Å². The summed E-state index contributed by atoms with van der Waals surface area (Å²) in [6.45, 7) is 13.7. The van der Waals surface area contributed by atoms with Crippen LogP contribution < -0.4 is 5.32 Å². The number of hydrogen-bond donors (Lipinski definition) is 1. The molecule has 0 bridgehead atoms. The Morgan fingerprint density at radius 2 is 1.95 bits per heavy atom. The minimum Gasteiger partial charge on any atom is -0.444 e. The smallest absolute Gasteiger partial charge is 0.408 e. The summed E-state index contributed by atoms with van der Waals surface area (Å²) in [6.07, 6.45) is 0.393. The van der Waals surface area contributed by atoms with E-state index < -0.39 is 11.7 Å². The van der Waals surface area contributed by atoms with Crippen LogP contribution in [-0.4, -0.2) is 27.1 Å². The molecule has 1 aromatic heterocycles. The van der Waals surface area contributed by atoms with Crippen molar-refractivity contribution < 1.29 is 13.9 Å². The number of amides is 1. The molecule has 1 amide bonds. The molecule has 7 heteroatoms. The fraction of sp³-hybridized carbons (Fsp3) is 0.800. The molecule has 0 saturated heterocycles. The summed E-state index contributed by atoms with van der Waals surface area (Å²) < 4.78 is 11.0. The lowest BCUT2D eigenvalue weighted by Crippen LogP contribution is -2.37. The minimum absolute atomic E-state index is 0.157. The molecule has 22 heavy (non-hydrogen) atoms. The predicted octanol–water partition coefficient (Wildman–Crippen LogP) is 4.18. The van der Waals surface area contributed by atoms with Crippen molar-refractivity contribution >= 4 is 17.9 Å². The zero-order valence-electron chi connectivity index (χ0n) is 14.5. The van der Waals surface area contributed by atoms with Gasteiger partial charge < -0.3 is 14.5 Å². The van der Waals surface area contributed by atoms with E-state index in [1.165, 1.54) is 11.8 Å². The van der Waals surface area contributed by atoms with Crippen molar-refractivity contribution in [3.05, 3.63) is 5.89 Å². The molecular weight excluding hydrogens is 302 g/mol. The van der Waals surface area contributed by atoms with Gasteiger partial charge in [-0.15, -0.1) is 10.2 Å². The third-order valence-electron chi connectivity index (χ3n) is 2.91. The van der Waals surface area contributed by atoms with Crippen LogP contribution in [0.15, 0.2) is 9.64 Å². The summed E-state index contributed by atoms with van der Waals surface area (Å²) in [7, 11) is 0. The highest BCUT2D eigenvalue weighted by molar-refractivity contribution is 7.99. The van der Waals surface area contributed by atoms with Gasteiger partial charge in [-0.1, -0.05) is 45.9 Å². The van der Waals surface area contributed by atoms with Gasteiger partial charge >= 0.3 is 6.09 Å². The normalized spacial score (nSPS) is 14.7. The number of nitrogens with one attached hydrogen (secondary N) is 1. The van der Waals surface area contributed by atoms with Crippen molar-refractivity contribution in [2.45, 2.75) is 77.0 Å². The molecule has 0 aromatic carbocycles. The van der Waals surface area contributed by atoms with Gasteiger partial charge in [0.05, 0.1) is 0 Å². The highest BCUT2D eigenvalue weighted by Crippen LogP contribution is 2.28. The summed E-state index contributed by atoms with van der Waals surface area (Å²) in [5.41, 5.74) is -0.544. The number of carbonyl (C=O) groups is 1. The Bertz CT molecular complexity index is 483. The van der Waals surface area contributed by atoms with Crippen LogP contribution in [0.3, 0.4) is 0 Å². The highest BCUT2D eigenvalue weighted by atomic mass is 32.2. The van der Waals surface area contributed by atoms with E-state index in [2.05, 4.69) is 36.3 Å². The van der Waals surface area contributed by atoms with E-state index in [0.717, 1.165) is 6.42 Å². The lowest BCUT2D eigenvalue weighted by atomic mass is 9.99. The van der Waals surface area contributed by atoms with Gasteiger partial charge in [0.15, 0.2) is 0 Å². The van der Waals surface area contributed by atoms with E-state index in [9.17, 15) is 4.79 Å². The predicted molar refractivity (Wildman–Crippen MR) is 86.9 cm³/mol. The molecule has 6 nitrogen and oxygen atoms in total. The molecule has 0 spiro atoms. The molecule has 0 aliphatic heterocycles. The maximum Gasteiger partial charge on any atom is 0.408 e. The molecule has 1 N–H and O–H groups in total. The molecular formula is C15H27N3O3S. The molecule has 0 aliphatic carbocycles. The Morgan fingerprint density at radius 3 is 2.45 bits per heavy atom.